The molecule has 106 valence electrons. The van der Waals surface area contributed by atoms with E-state index in [-0.39, 0.29) is 6.10 Å². The molecule has 0 radical (unpaired) electrons. The number of likely N-dealkylation sites (N-methyl/N-ethyl adjacent to an activating group) is 1. The molecule has 0 heterocycles. The maximum absolute atomic E-state index is 10.1. The van der Waals surface area contributed by atoms with Crippen LogP contribution in [0.5, 0.6) is 11.5 Å². The number of halogens is 1. The van der Waals surface area contributed by atoms with Gasteiger partial charge in [-0.3, -0.25) is 0 Å². The SMILES string of the molecule is CNCC(O)c1cc(OC2CCC2)c(OC)cc1Cl. The first kappa shape index (κ1) is 14.4. The number of hydrogen-bond donors (Lipinski definition) is 2. The number of hydrogen-bond acceptors (Lipinski definition) is 4. The molecule has 0 bridgehead atoms. The van der Waals surface area contributed by atoms with E-state index in [0.717, 1.165) is 12.8 Å². The Morgan fingerprint density at radius 2 is 2.16 bits per heavy atom. The molecule has 1 aromatic carbocycles. The summed E-state index contributed by atoms with van der Waals surface area (Å²) in [5.41, 5.74) is 0.658. The van der Waals surface area contributed by atoms with Gasteiger partial charge in [-0.15, -0.1) is 0 Å². The highest BCUT2D eigenvalue weighted by atomic mass is 35.5. The number of rotatable bonds is 6. The zero-order valence-electron chi connectivity index (χ0n) is 11.3. The van der Waals surface area contributed by atoms with Gasteiger partial charge in [0.2, 0.25) is 0 Å². The van der Waals surface area contributed by atoms with E-state index in [1.54, 1.807) is 26.3 Å². The van der Waals surface area contributed by atoms with Gasteiger partial charge in [-0.05, 0) is 32.4 Å². The molecular formula is C14H20ClNO3. The largest absolute Gasteiger partial charge is 0.493 e. The smallest absolute Gasteiger partial charge is 0.162 e. The first-order valence-electron chi connectivity index (χ1n) is 6.52. The van der Waals surface area contributed by atoms with Gasteiger partial charge in [0.25, 0.3) is 0 Å². The Labute approximate surface area is 118 Å². The van der Waals surface area contributed by atoms with Crippen molar-refractivity contribution in [2.24, 2.45) is 0 Å². The van der Waals surface area contributed by atoms with Gasteiger partial charge in [0.05, 0.1) is 24.3 Å². The fraction of sp³-hybridized carbons (Fsp3) is 0.571. The predicted octanol–water partition coefficient (Wildman–Crippen LogP) is 2.53. The average molecular weight is 286 g/mol. The Bertz CT molecular complexity index is 435. The van der Waals surface area contributed by atoms with Gasteiger partial charge in [-0.2, -0.15) is 0 Å². The van der Waals surface area contributed by atoms with Crippen LogP contribution in [-0.2, 0) is 0 Å². The summed E-state index contributed by atoms with van der Waals surface area (Å²) in [6, 6.07) is 3.48. The minimum absolute atomic E-state index is 0.254. The lowest BCUT2D eigenvalue weighted by atomic mass is 9.96. The van der Waals surface area contributed by atoms with Gasteiger partial charge in [0.1, 0.15) is 0 Å². The van der Waals surface area contributed by atoms with Crippen molar-refractivity contribution in [1.82, 2.24) is 5.32 Å². The van der Waals surface area contributed by atoms with Crippen LogP contribution < -0.4 is 14.8 Å². The van der Waals surface area contributed by atoms with Gasteiger partial charge in [0, 0.05) is 18.2 Å². The van der Waals surface area contributed by atoms with Crippen LogP contribution >= 0.6 is 11.6 Å². The van der Waals surface area contributed by atoms with Crippen LogP contribution in [0.25, 0.3) is 0 Å². The zero-order chi connectivity index (χ0) is 13.8. The highest BCUT2D eigenvalue weighted by Crippen LogP contribution is 2.38. The van der Waals surface area contributed by atoms with Crippen molar-refractivity contribution in [3.05, 3.63) is 22.7 Å². The molecule has 0 saturated heterocycles. The van der Waals surface area contributed by atoms with Crippen LogP contribution in [0.2, 0.25) is 5.02 Å². The fourth-order valence-electron chi connectivity index (χ4n) is 2.03. The average Bonchev–Trinajstić information content (AvgIpc) is 2.34. The molecule has 1 unspecified atom stereocenters. The highest BCUT2D eigenvalue weighted by Gasteiger charge is 2.22. The van der Waals surface area contributed by atoms with Crippen LogP contribution in [0.1, 0.15) is 30.9 Å². The van der Waals surface area contributed by atoms with Gasteiger partial charge in [-0.25, -0.2) is 0 Å². The Kier molecular flexibility index (Phi) is 4.91. The molecule has 1 aromatic rings. The third kappa shape index (κ3) is 3.32. The summed E-state index contributed by atoms with van der Waals surface area (Å²) < 4.78 is 11.2. The van der Waals surface area contributed by atoms with Crippen LogP contribution in [0.3, 0.4) is 0 Å². The maximum atomic E-state index is 10.1. The fourth-order valence-corrected chi connectivity index (χ4v) is 2.31. The van der Waals surface area contributed by atoms with E-state index >= 15 is 0 Å². The molecule has 5 heteroatoms. The lowest BCUT2D eigenvalue weighted by molar-refractivity contribution is 0.115. The molecule has 0 amide bonds. The third-order valence-corrected chi connectivity index (χ3v) is 3.71. The molecule has 4 nitrogen and oxygen atoms in total. The summed E-state index contributed by atoms with van der Waals surface area (Å²) in [4.78, 5) is 0. The second-order valence-corrected chi connectivity index (χ2v) is 5.18. The molecule has 0 spiro atoms. The minimum atomic E-state index is -0.660. The molecule has 1 aliphatic rings. The summed E-state index contributed by atoms with van der Waals surface area (Å²) >= 11 is 6.17. The maximum Gasteiger partial charge on any atom is 0.162 e. The first-order valence-corrected chi connectivity index (χ1v) is 6.90. The van der Waals surface area contributed by atoms with Crippen molar-refractivity contribution in [3.8, 4) is 11.5 Å². The summed E-state index contributed by atoms with van der Waals surface area (Å²) in [7, 11) is 3.37. The zero-order valence-corrected chi connectivity index (χ0v) is 12.0. The van der Waals surface area contributed by atoms with Crippen LogP contribution in [0.15, 0.2) is 12.1 Å². The van der Waals surface area contributed by atoms with Crippen LogP contribution in [-0.4, -0.2) is 31.9 Å². The number of ether oxygens (including phenoxy) is 2. The molecule has 1 atom stereocenters. The summed E-state index contributed by atoms with van der Waals surface area (Å²) in [6.45, 7) is 0.439. The summed E-state index contributed by atoms with van der Waals surface area (Å²) in [6.07, 6.45) is 2.94. The number of nitrogens with one attached hydrogen (secondary N) is 1. The Hall–Kier alpha value is -0.970. The highest BCUT2D eigenvalue weighted by molar-refractivity contribution is 6.31. The number of aliphatic hydroxyl groups is 1. The second kappa shape index (κ2) is 6.46. The van der Waals surface area contributed by atoms with Gasteiger partial charge in [-0.1, -0.05) is 11.6 Å². The molecule has 1 fully saturated rings. The Balaban J connectivity index is 2.25. The number of benzene rings is 1. The van der Waals surface area contributed by atoms with Crippen molar-refractivity contribution in [2.45, 2.75) is 31.5 Å². The van der Waals surface area contributed by atoms with Gasteiger partial charge >= 0.3 is 0 Å². The van der Waals surface area contributed by atoms with E-state index in [2.05, 4.69) is 5.32 Å². The molecule has 2 rings (SSSR count). The first-order chi connectivity index (χ1) is 9.15. The minimum Gasteiger partial charge on any atom is -0.493 e. The lowest BCUT2D eigenvalue weighted by Crippen LogP contribution is -2.25. The van der Waals surface area contributed by atoms with Crippen molar-refractivity contribution in [2.75, 3.05) is 20.7 Å². The summed E-state index contributed by atoms with van der Waals surface area (Å²) in [5, 5.41) is 13.5. The summed E-state index contributed by atoms with van der Waals surface area (Å²) in [5.74, 6) is 1.26. The molecule has 2 N–H and O–H groups in total. The second-order valence-electron chi connectivity index (χ2n) is 4.77. The number of methoxy groups -OCH3 is 1. The van der Waals surface area contributed by atoms with E-state index in [9.17, 15) is 5.11 Å². The van der Waals surface area contributed by atoms with E-state index < -0.39 is 6.10 Å². The Morgan fingerprint density at radius 3 is 2.68 bits per heavy atom. The lowest BCUT2D eigenvalue weighted by Gasteiger charge is -2.28. The van der Waals surface area contributed by atoms with Crippen molar-refractivity contribution < 1.29 is 14.6 Å². The van der Waals surface area contributed by atoms with Crippen molar-refractivity contribution in [3.63, 3.8) is 0 Å². The molecule has 1 aliphatic carbocycles. The van der Waals surface area contributed by atoms with E-state index in [1.165, 1.54) is 6.42 Å². The molecule has 19 heavy (non-hydrogen) atoms. The Morgan fingerprint density at radius 1 is 1.42 bits per heavy atom. The molecular weight excluding hydrogens is 266 g/mol. The van der Waals surface area contributed by atoms with E-state index in [0.29, 0.717) is 28.6 Å². The molecule has 1 saturated carbocycles. The van der Waals surface area contributed by atoms with Crippen LogP contribution in [0.4, 0.5) is 0 Å². The van der Waals surface area contributed by atoms with E-state index in [4.69, 9.17) is 21.1 Å². The molecule has 0 aromatic heterocycles. The van der Waals surface area contributed by atoms with E-state index in [1.807, 2.05) is 0 Å². The van der Waals surface area contributed by atoms with Gasteiger partial charge in [0.15, 0.2) is 11.5 Å². The van der Waals surface area contributed by atoms with Crippen LogP contribution in [0, 0.1) is 0 Å². The predicted molar refractivity (Wildman–Crippen MR) is 75.2 cm³/mol. The normalized spacial score (nSPS) is 16.8. The number of aliphatic hydroxyl groups excluding tert-OH is 1. The van der Waals surface area contributed by atoms with Gasteiger partial charge < -0.3 is 19.9 Å². The third-order valence-electron chi connectivity index (χ3n) is 3.39. The standard InChI is InChI=1S/C14H20ClNO3/c1-16-8-12(17)10-6-14(19-9-4-3-5-9)13(18-2)7-11(10)15/h6-7,9,12,16-17H,3-5,8H2,1-2H3. The quantitative estimate of drug-likeness (QED) is 0.843. The van der Waals surface area contributed by atoms with Crippen molar-refractivity contribution >= 4 is 11.6 Å². The monoisotopic (exact) mass is 285 g/mol. The molecule has 0 aliphatic heterocycles. The van der Waals surface area contributed by atoms with Crippen molar-refractivity contribution in [1.29, 1.82) is 0 Å². The topological polar surface area (TPSA) is 50.7 Å².